The molecule has 1 saturated heterocycles. The molecule has 1 amide bonds. The largest absolute Gasteiger partial charge is 0.489 e. The molecule has 0 bridgehead atoms. The molecule has 1 aliphatic heterocycles. The molecule has 148 valence electrons. The van der Waals surface area contributed by atoms with Crippen LogP contribution in [0.1, 0.15) is 43.7 Å². The van der Waals surface area contributed by atoms with Crippen molar-refractivity contribution in [2.24, 2.45) is 5.92 Å². The highest BCUT2D eigenvalue weighted by atomic mass is 16.5. The molecule has 5 heteroatoms. The molecule has 0 spiro atoms. The highest BCUT2D eigenvalue weighted by Crippen LogP contribution is 2.32. The van der Waals surface area contributed by atoms with Crippen molar-refractivity contribution in [3.63, 3.8) is 0 Å². The number of aliphatic carboxylic acids is 1. The first-order valence-corrected chi connectivity index (χ1v) is 9.75. The second kappa shape index (κ2) is 8.91. The van der Waals surface area contributed by atoms with E-state index in [1.807, 2.05) is 68.4 Å². The maximum absolute atomic E-state index is 12.9. The molecule has 5 nitrogen and oxygen atoms in total. The van der Waals surface area contributed by atoms with Crippen molar-refractivity contribution >= 4 is 11.9 Å². The Kier molecular flexibility index (Phi) is 6.34. The van der Waals surface area contributed by atoms with Crippen LogP contribution in [-0.4, -0.2) is 34.5 Å². The Morgan fingerprint density at radius 2 is 1.82 bits per heavy atom. The number of ether oxygens (including phenoxy) is 1. The number of carboxylic acid groups (broad SMARTS) is 1. The maximum atomic E-state index is 12.9. The van der Waals surface area contributed by atoms with Gasteiger partial charge in [-0.1, -0.05) is 56.3 Å². The van der Waals surface area contributed by atoms with Crippen LogP contribution in [0.5, 0.6) is 5.75 Å². The number of amides is 1. The van der Waals surface area contributed by atoms with Crippen molar-refractivity contribution in [3.05, 3.63) is 65.7 Å². The van der Waals surface area contributed by atoms with Crippen molar-refractivity contribution in [3.8, 4) is 5.75 Å². The Morgan fingerprint density at radius 1 is 1.14 bits per heavy atom. The van der Waals surface area contributed by atoms with Crippen LogP contribution in [0.4, 0.5) is 0 Å². The topological polar surface area (TPSA) is 66.8 Å². The van der Waals surface area contributed by atoms with Gasteiger partial charge in [0.1, 0.15) is 18.4 Å². The molecule has 1 N–H and O–H groups in total. The van der Waals surface area contributed by atoms with E-state index in [9.17, 15) is 14.7 Å². The van der Waals surface area contributed by atoms with Crippen LogP contribution in [-0.2, 0) is 16.2 Å². The van der Waals surface area contributed by atoms with Gasteiger partial charge in [0.05, 0.1) is 5.92 Å². The number of carbonyl (C=O) groups is 2. The quantitative estimate of drug-likeness (QED) is 0.748. The molecule has 1 heterocycles. The van der Waals surface area contributed by atoms with Gasteiger partial charge in [-0.2, -0.15) is 0 Å². The smallest absolute Gasteiger partial charge is 0.326 e. The summed E-state index contributed by atoms with van der Waals surface area (Å²) in [6, 6.07) is 16.8. The summed E-state index contributed by atoms with van der Waals surface area (Å²) in [5.41, 5.74) is 2.01. The zero-order chi connectivity index (χ0) is 20.1. The predicted molar refractivity (Wildman–Crippen MR) is 107 cm³/mol. The molecule has 0 saturated carbocycles. The minimum absolute atomic E-state index is 0.0917. The molecule has 3 rings (SSSR count). The van der Waals surface area contributed by atoms with Gasteiger partial charge in [-0.05, 0) is 42.0 Å². The number of carboxylic acids is 1. The predicted octanol–water partition coefficient (Wildman–Crippen LogP) is 4.08. The monoisotopic (exact) mass is 381 g/mol. The SMILES string of the molecule is CC(C)C[C@H](C(=O)O)N1CCC(c2ccc(OCc3ccccc3)cc2)C1=O. The molecule has 28 heavy (non-hydrogen) atoms. The van der Waals surface area contributed by atoms with Crippen LogP contribution in [0.3, 0.4) is 0 Å². The molecule has 2 atom stereocenters. The van der Waals surface area contributed by atoms with E-state index in [-0.39, 0.29) is 17.7 Å². The zero-order valence-corrected chi connectivity index (χ0v) is 16.4. The third-order valence-electron chi connectivity index (χ3n) is 5.13. The molecule has 0 aromatic heterocycles. The second-order valence-electron chi connectivity index (χ2n) is 7.70. The van der Waals surface area contributed by atoms with Crippen molar-refractivity contribution in [1.29, 1.82) is 0 Å². The summed E-state index contributed by atoms with van der Waals surface area (Å²) < 4.78 is 5.80. The minimum atomic E-state index is -0.924. The fourth-order valence-electron chi connectivity index (χ4n) is 3.67. The molecule has 1 aliphatic rings. The summed E-state index contributed by atoms with van der Waals surface area (Å²) in [5, 5.41) is 9.54. The third-order valence-corrected chi connectivity index (χ3v) is 5.13. The Morgan fingerprint density at radius 3 is 2.43 bits per heavy atom. The lowest BCUT2D eigenvalue weighted by atomic mass is 9.97. The molecule has 2 aromatic carbocycles. The van der Waals surface area contributed by atoms with E-state index in [1.165, 1.54) is 4.90 Å². The highest BCUT2D eigenvalue weighted by molar-refractivity contribution is 5.90. The average Bonchev–Trinajstić information content (AvgIpc) is 3.06. The van der Waals surface area contributed by atoms with Gasteiger partial charge in [-0.25, -0.2) is 4.79 Å². The summed E-state index contributed by atoms with van der Waals surface area (Å²) in [6.07, 6.45) is 1.12. The maximum Gasteiger partial charge on any atom is 0.326 e. The van der Waals surface area contributed by atoms with Crippen molar-refractivity contribution < 1.29 is 19.4 Å². The molecule has 2 aromatic rings. The normalized spacial score (nSPS) is 17.8. The first-order chi connectivity index (χ1) is 13.5. The highest BCUT2D eigenvalue weighted by Gasteiger charge is 2.39. The Bertz CT molecular complexity index is 801. The number of hydrogen-bond acceptors (Lipinski definition) is 3. The van der Waals surface area contributed by atoms with Gasteiger partial charge in [0.25, 0.3) is 0 Å². The lowest BCUT2D eigenvalue weighted by Gasteiger charge is -2.26. The summed E-state index contributed by atoms with van der Waals surface area (Å²) in [4.78, 5) is 26.0. The van der Waals surface area contributed by atoms with Gasteiger partial charge in [-0.3, -0.25) is 4.79 Å². The number of hydrogen-bond donors (Lipinski definition) is 1. The van der Waals surface area contributed by atoms with Crippen LogP contribution in [0.15, 0.2) is 54.6 Å². The average molecular weight is 381 g/mol. The van der Waals surface area contributed by atoms with E-state index in [0.29, 0.717) is 26.0 Å². The first-order valence-electron chi connectivity index (χ1n) is 9.75. The van der Waals surface area contributed by atoms with Crippen LogP contribution < -0.4 is 4.74 Å². The molecule has 1 unspecified atom stereocenters. The summed E-state index contributed by atoms with van der Waals surface area (Å²) >= 11 is 0. The lowest BCUT2D eigenvalue weighted by molar-refractivity contribution is -0.149. The van der Waals surface area contributed by atoms with Gasteiger partial charge in [0, 0.05) is 6.54 Å². The van der Waals surface area contributed by atoms with Gasteiger partial charge < -0.3 is 14.7 Å². The van der Waals surface area contributed by atoms with Crippen molar-refractivity contribution in [1.82, 2.24) is 4.90 Å². The third kappa shape index (κ3) is 4.71. The van der Waals surface area contributed by atoms with Gasteiger partial charge >= 0.3 is 5.97 Å². The minimum Gasteiger partial charge on any atom is -0.489 e. The number of rotatable bonds is 8. The van der Waals surface area contributed by atoms with E-state index in [4.69, 9.17) is 4.74 Å². The van der Waals surface area contributed by atoms with Crippen LogP contribution in [0.25, 0.3) is 0 Å². The van der Waals surface area contributed by atoms with E-state index < -0.39 is 12.0 Å². The molecular weight excluding hydrogens is 354 g/mol. The lowest BCUT2D eigenvalue weighted by Crippen LogP contribution is -2.43. The number of carbonyl (C=O) groups excluding carboxylic acids is 1. The van der Waals surface area contributed by atoms with Crippen molar-refractivity contribution in [2.75, 3.05) is 6.54 Å². The van der Waals surface area contributed by atoms with E-state index in [0.717, 1.165) is 16.9 Å². The molecular formula is C23H27NO4. The second-order valence-corrected chi connectivity index (χ2v) is 7.70. The molecule has 0 radical (unpaired) electrons. The van der Waals surface area contributed by atoms with E-state index in [2.05, 4.69) is 0 Å². The molecule has 0 aliphatic carbocycles. The summed E-state index contributed by atoms with van der Waals surface area (Å²) in [5.74, 6) is -0.331. The van der Waals surface area contributed by atoms with Crippen molar-refractivity contribution in [2.45, 2.75) is 45.3 Å². The first kappa shape index (κ1) is 19.9. The van der Waals surface area contributed by atoms with Gasteiger partial charge in [-0.15, -0.1) is 0 Å². The zero-order valence-electron chi connectivity index (χ0n) is 16.4. The fraction of sp³-hybridized carbons (Fsp3) is 0.391. The van der Waals surface area contributed by atoms with E-state index in [1.54, 1.807) is 0 Å². The van der Waals surface area contributed by atoms with E-state index >= 15 is 0 Å². The Balaban J connectivity index is 1.64. The molecule has 1 fully saturated rings. The van der Waals surface area contributed by atoms with Crippen LogP contribution in [0.2, 0.25) is 0 Å². The van der Waals surface area contributed by atoms with Gasteiger partial charge in [0.2, 0.25) is 5.91 Å². The van der Waals surface area contributed by atoms with Crippen LogP contribution >= 0.6 is 0 Å². The number of nitrogens with zero attached hydrogens (tertiary/aromatic N) is 1. The number of likely N-dealkylation sites (tertiary alicyclic amines) is 1. The summed E-state index contributed by atoms with van der Waals surface area (Å²) in [7, 11) is 0. The van der Waals surface area contributed by atoms with Crippen LogP contribution in [0, 0.1) is 5.92 Å². The fourth-order valence-corrected chi connectivity index (χ4v) is 3.67. The summed E-state index contributed by atoms with van der Waals surface area (Å²) in [6.45, 7) is 4.93. The number of benzene rings is 2. The van der Waals surface area contributed by atoms with Gasteiger partial charge in [0.15, 0.2) is 0 Å². The standard InChI is InChI=1S/C23H27NO4/c1-16(2)14-21(23(26)27)24-13-12-20(22(24)25)18-8-10-19(11-9-18)28-15-17-6-4-3-5-7-17/h3-11,16,20-21H,12-15H2,1-2H3,(H,26,27)/t20?,21-/m1/s1. The Hall–Kier alpha value is -2.82. The Labute approximate surface area is 165 Å².